The second-order valence-corrected chi connectivity index (χ2v) is 8.15. The minimum absolute atomic E-state index is 0.125. The highest BCUT2D eigenvalue weighted by atomic mass is 19.4. The van der Waals surface area contributed by atoms with E-state index in [2.05, 4.69) is 10.3 Å². The number of rotatable bonds is 4. The lowest BCUT2D eigenvalue weighted by Crippen LogP contribution is -2.36. The quantitative estimate of drug-likeness (QED) is 0.757. The average molecular weight is 434 g/mol. The number of ether oxygens (including phenoxy) is 1. The second kappa shape index (κ2) is 8.45. The molecule has 1 amide bonds. The highest BCUT2D eigenvalue weighted by Crippen LogP contribution is 2.36. The maximum absolute atomic E-state index is 12.9. The van der Waals surface area contributed by atoms with Gasteiger partial charge in [0, 0.05) is 30.5 Å². The fourth-order valence-corrected chi connectivity index (χ4v) is 4.43. The second-order valence-electron chi connectivity index (χ2n) is 8.15. The Balaban J connectivity index is 1.60. The fraction of sp³-hybridized carbons (Fsp3) is 0.500. The van der Waals surface area contributed by atoms with E-state index in [1.807, 2.05) is 17.8 Å². The summed E-state index contributed by atoms with van der Waals surface area (Å²) in [6.45, 7) is 1.97. The average Bonchev–Trinajstić information content (AvgIpc) is 3.19. The number of fused-ring (bicyclic) bond motifs is 1. The number of carbonyl (C=O) groups excluding carboxylic acids is 1. The minimum atomic E-state index is -4.62. The van der Waals surface area contributed by atoms with Gasteiger partial charge in [0.15, 0.2) is 0 Å². The van der Waals surface area contributed by atoms with E-state index in [-0.39, 0.29) is 11.6 Å². The normalized spacial score (nSPS) is 22.0. The predicted molar refractivity (Wildman–Crippen MR) is 108 cm³/mol. The van der Waals surface area contributed by atoms with Gasteiger partial charge in [0.1, 0.15) is 17.5 Å². The smallest absolute Gasteiger partial charge is 0.375 e. The Kier molecular flexibility index (Phi) is 5.88. The van der Waals surface area contributed by atoms with Crippen molar-refractivity contribution < 1.29 is 22.7 Å². The summed E-state index contributed by atoms with van der Waals surface area (Å²) >= 11 is 0. The van der Waals surface area contributed by atoms with Gasteiger partial charge in [-0.05, 0) is 31.1 Å². The molecule has 2 heterocycles. The topological polar surface area (TPSA) is 69.0 Å². The summed E-state index contributed by atoms with van der Waals surface area (Å²) in [6, 6.07) is 3.63. The first-order valence-corrected chi connectivity index (χ1v) is 10.5. The zero-order valence-corrected chi connectivity index (χ0v) is 17.4. The minimum Gasteiger partial charge on any atom is -0.375 e. The molecular weight excluding hydrogens is 409 g/mol. The number of pyridine rings is 1. The van der Waals surface area contributed by atoms with Gasteiger partial charge in [-0.15, -0.1) is 0 Å². The van der Waals surface area contributed by atoms with E-state index in [4.69, 9.17) is 9.84 Å². The number of hydrogen-bond acceptors (Lipinski definition) is 4. The highest BCUT2D eigenvalue weighted by molar-refractivity contribution is 5.94. The van der Waals surface area contributed by atoms with Gasteiger partial charge in [-0.3, -0.25) is 9.48 Å². The van der Waals surface area contributed by atoms with Gasteiger partial charge in [-0.25, -0.2) is 4.98 Å². The molecule has 2 aromatic rings. The Labute approximate surface area is 178 Å². The first kappa shape index (κ1) is 21.5. The molecule has 2 aliphatic rings. The number of alkyl halides is 3. The van der Waals surface area contributed by atoms with E-state index < -0.39 is 23.9 Å². The van der Waals surface area contributed by atoms with Crippen LogP contribution in [0.3, 0.4) is 0 Å². The van der Waals surface area contributed by atoms with Gasteiger partial charge in [0.05, 0.1) is 11.7 Å². The lowest BCUT2D eigenvalue weighted by Gasteiger charge is -2.28. The number of halogens is 3. The molecule has 2 aromatic heterocycles. The van der Waals surface area contributed by atoms with Crippen LogP contribution in [0.2, 0.25) is 0 Å². The van der Waals surface area contributed by atoms with Gasteiger partial charge in [0.2, 0.25) is 0 Å². The number of hydrogen-bond donors (Lipinski definition) is 1. The summed E-state index contributed by atoms with van der Waals surface area (Å²) < 4.78 is 46.5. The van der Waals surface area contributed by atoms with Crippen LogP contribution in [0.5, 0.6) is 0 Å². The lowest BCUT2D eigenvalue weighted by atomic mass is 9.89. The molecule has 0 radical (unpaired) electrons. The monoisotopic (exact) mass is 434 g/mol. The van der Waals surface area contributed by atoms with Crippen molar-refractivity contribution in [3.05, 3.63) is 52.7 Å². The van der Waals surface area contributed by atoms with Crippen LogP contribution in [0.25, 0.3) is 6.08 Å². The zero-order chi connectivity index (χ0) is 22.2. The molecule has 2 aliphatic carbocycles. The molecule has 166 valence electrons. The summed E-state index contributed by atoms with van der Waals surface area (Å²) in [5, 5.41) is 7.51. The standard InChI is InChI=1S/C22H25F3N4O2/c1-13-19-14(12-29(28-19)15-7-4-3-5-8-15)11-17(20(13)31-2)27-21(30)16-9-6-10-18(26-16)22(23,24)25/h6,9-13,15,20H,3-5,7-8H2,1-2H3,(H,27,30). The third-order valence-corrected chi connectivity index (χ3v) is 6.03. The summed E-state index contributed by atoms with van der Waals surface area (Å²) in [4.78, 5) is 16.1. The molecule has 31 heavy (non-hydrogen) atoms. The third-order valence-electron chi connectivity index (χ3n) is 6.03. The van der Waals surface area contributed by atoms with Crippen LogP contribution in [0.1, 0.15) is 78.4 Å². The van der Waals surface area contributed by atoms with E-state index in [0.29, 0.717) is 11.7 Å². The molecule has 0 bridgehead atoms. The van der Waals surface area contributed by atoms with Crippen LogP contribution >= 0.6 is 0 Å². The molecule has 0 spiro atoms. The van der Waals surface area contributed by atoms with Crippen molar-refractivity contribution >= 4 is 12.0 Å². The van der Waals surface area contributed by atoms with Crippen LogP contribution in [0.4, 0.5) is 13.2 Å². The lowest BCUT2D eigenvalue weighted by molar-refractivity contribution is -0.141. The molecule has 9 heteroatoms. The Hall–Kier alpha value is -2.68. The van der Waals surface area contributed by atoms with Crippen LogP contribution in [0, 0.1) is 0 Å². The predicted octanol–water partition coefficient (Wildman–Crippen LogP) is 4.71. The molecule has 0 aromatic carbocycles. The summed E-state index contributed by atoms with van der Waals surface area (Å²) in [5.74, 6) is -0.839. The Bertz CT molecular complexity index is 993. The molecule has 2 atom stereocenters. The highest BCUT2D eigenvalue weighted by Gasteiger charge is 2.35. The molecule has 2 unspecified atom stereocenters. The number of nitrogens with zero attached hydrogens (tertiary/aromatic N) is 3. The van der Waals surface area contributed by atoms with Crippen LogP contribution in [0.15, 0.2) is 30.1 Å². The molecule has 0 saturated heterocycles. The Morgan fingerprint density at radius 1 is 1.23 bits per heavy atom. The third kappa shape index (κ3) is 4.37. The summed E-state index contributed by atoms with van der Waals surface area (Å²) in [7, 11) is 1.53. The van der Waals surface area contributed by atoms with Gasteiger partial charge in [-0.2, -0.15) is 18.3 Å². The number of nitrogens with one attached hydrogen (secondary N) is 1. The van der Waals surface area contributed by atoms with Gasteiger partial charge < -0.3 is 10.1 Å². The van der Waals surface area contributed by atoms with E-state index >= 15 is 0 Å². The molecule has 4 rings (SSSR count). The first-order chi connectivity index (χ1) is 14.8. The summed E-state index contributed by atoms with van der Waals surface area (Å²) in [6.07, 6.45) is 4.50. The molecule has 0 aliphatic heterocycles. The van der Waals surface area contributed by atoms with Gasteiger partial charge in [0.25, 0.3) is 5.91 Å². The Morgan fingerprint density at radius 3 is 2.65 bits per heavy atom. The maximum Gasteiger partial charge on any atom is 0.433 e. The van der Waals surface area contributed by atoms with Gasteiger partial charge >= 0.3 is 6.18 Å². The number of amides is 1. The van der Waals surface area contributed by atoms with Crippen molar-refractivity contribution in [2.45, 2.75) is 63.3 Å². The number of carbonyl (C=O) groups is 1. The van der Waals surface area contributed by atoms with E-state index in [1.165, 1.54) is 38.5 Å². The SMILES string of the molecule is COC1C(NC(=O)c2cccc(C(F)(F)F)n2)=Cc2cn(C3CCCCC3)nc2C1C. The molecule has 1 saturated carbocycles. The molecule has 1 fully saturated rings. The molecule has 1 N–H and O–H groups in total. The fourth-order valence-electron chi connectivity index (χ4n) is 4.43. The van der Waals surface area contributed by atoms with Crippen molar-refractivity contribution in [3.63, 3.8) is 0 Å². The van der Waals surface area contributed by atoms with E-state index in [9.17, 15) is 18.0 Å². The van der Waals surface area contributed by atoms with Crippen LogP contribution < -0.4 is 5.32 Å². The molecule has 6 nitrogen and oxygen atoms in total. The van der Waals surface area contributed by atoms with Crippen molar-refractivity contribution in [1.82, 2.24) is 20.1 Å². The number of methoxy groups -OCH3 is 1. The van der Waals surface area contributed by atoms with E-state index in [1.54, 1.807) is 6.08 Å². The van der Waals surface area contributed by atoms with Crippen molar-refractivity contribution in [2.24, 2.45) is 0 Å². The van der Waals surface area contributed by atoms with Crippen molar-refractivity contribution in [2.75, 3.05) is 7.11 Å². The van der Waals surface area contributed by atoms with E-state index in [0.717, 1.165) is 30.2 Å². The molecular formula is C22H25F3N4O2. The van der Waals surface area contributed by atoms with Crippen LogP contribution in [-0.2, 0) is 10.9 Å². The van der Waals surface area contributed by atoms with Gasteiger partial charge in [-0.1, -0.05) is 32.3 Å². The largest absolute Gasteiger partial charge is 0.433 e. The number of aromatic nitrogens is 3. The summed E-state index contributed by atoms with van der Waals surface area (Å²) in [5.41, 5.74) is 0.855. The van der Waals surface area contributed by atoms with Crippen molar-refractivity contribution in [1.29, 1.82) is 0 Å². The van der Waals surface area contributed by atoms with Crippen LogP contribution in [-0.4, -0.2) is 33.9 Å². The van der Waals surface area contributed by atoms with Crippen molar-refractivity contribution in [3.8, 4) is 0 Å². The zero-order valence-electron chi connectivity index (χ0n) is 17.4. The first-order valence-electron chi connectivity index (χ1n) is 10.5. The maximum atomic E-state index is 12.9. The Morgan fingerprint density at radius 2 is 1.97 bits per heavy atom.